The molecule has 2 aromatic rings. The Bertz CT molecular complexity index is 575. The Kier molecular flexibility index (Phi) is 4.45. The number of furan rings is 1. The number of aryl methyl sites for hydroxylation is 2. The molecule has 0 radical (unpaired) electrons. The molecular formula is C16H19NO3. The van der Waals surface area contributed by atoms with Crippen LogP contribution in [0.1, 0.15) is 23.8 Å². The number of ether oxygens (including phenoxy) is 1. The van der Waals surface area contributed by atoms with Gasteiger partial charge in [-0.15, -0.1) is 0 Å². The molecule has 1 N–H and O–H groups in total. The maximum atomic E-state index is 11.9. The van der Waals surface area contributed by atoms with Gasteiger partial charge in [0.05, 0.1) is 12.8 Å². The normalized spacial score (nSPS) is 11.9. The fourth-order valence-corrected chi connectivity index (χ4v) is 1.91. The van der Waals surface area contributed by atoms with Gasteiger partial charge in [0.1, 0.15) is 11.5 Å². The zero-order chi connectivity index (χ0) is 14.5. The van der Waals surface area contributed by atoms with Crippen molar-refractivity contribution in [2.75, 3.05) is 0 Å². The number of benzene rings is 1. The Morgan fingerprint density at radius 3 is 2.80 bits per heavy atom. The third kappa shape index (κ3) is 3.63. The lowest BCUT2D eigenvalue weighted by Gasteiger charge is -2.16. The zero-order valence-corrected chi connectivity index (χ0v) is 12.0. The SMILES string of the molecule is Cc1ccc(OC(C)C(=O)NCc2ccco2)c(C)c1. The Balaban J connectivity index is 1.90. The second-order valence-electron chi connectivity index (χ2n) is 4.83. The number of rotatable bonds is 5. The molecule has 106 valence electrons. The Hall–Kier alpha value is -2.23. The van der Waals surface area contributed by atoms with Gasteiger partial charge in [0.25, 0.3) is 5.91 Å². The summed E-state index contributed by atoms with van der Waals surface area (Å²) in [7, 11) is 0. The highest BCUT2D eigenvalue weighted by molar-refractivity contribution is 5.80. The van der Waals surface area contributed by atoms with Crippen LogP contribution in [0.15, 0.2) is 41.0 Å². The van der Waals surface area contributed by atoms with E-state index in [4.69, 9.17) is 9.15 Å². The van der Waals surface area contributed by atoms with Gasteiger partial charge in [0.15, 0.2) is 6.10 Å². The van der Waals surface area contributed by atoms with Gasteiger partial charge in [0.2, 0.25) is 0 Å². The number of hydrogen-bond donors (Lipinski definition) is 1. The highest BCUT2D eigenvalue weighted by Crippen LogP contribution is 2.20. The molecule has 0 spiro atoms. The van der Waals surface area contributed by atoms with E-state index in [9.17, 15) is 4.79 Å². The van der Waals surface area contributed by atoms with Crippen LogP contribution in [-0.2, 0) is 11.3 Å². The first-order chi connectivity index (χ1) is 9.56. The summed E-state index contributed by atoms with van der Waals surface area (Å²) in [5, 5.41) is 2.78. The summed E-state index contributed by atoms with van der Waals surface area (Å²) in [6.07, 6.45) is 1.03. The average Bonchev–Trinajstić information content (AvgIpc) is 2.92. The predicted octanol–water partition coefficient (Wildman–Crippen LogP) is 2.98. The largest absolute Gasteiger partial charge is 0.481 e. The van der Waals surface area contributed by atoms with Crippen LogP contribution in [-0.4, -0.2) is 12.0 Å². The molecule has 0 aliphatic rings. The quantitative estimate of drug-likeness (QED) is 0.911. The van der Waals surface area contributed by atoms with Gasteiger partial charge in [-0.05, 0) is 44.5 Å². The number of carbonyl (C=O) groups is 1. The molecule has 2 rings (SSSR count). The van der Waals surface area contributed by atoms with Crippen molar-refractivity contribution in [1.82, 2.24) is 5.32 Å². The molecule has 0 aliphatic heterocycles. The molecule has 0 aliphatic carbocycles. The minimum Gasteiger partial charge on any atom is -0.481 e. The van der Waals surface area contributed by atoms with Crippen molar-refractivity contribution in [3.63, 3.8) is 0 Å². The van der Waals surface area contributed by atoms with Gasteiger partial charge in [-0.3, -0.25) is 4.79 Å². The fraction of sp³-hybridized carbons (Fsp3) is 0.312. The predicted molar refractivity (Wildman–Crippen MR) is 76.6 cm³/mol. The van der Waals surface area contributed by atoms with Crippen molar-refractivity contribution < 1.29 is 13.9 Å². The summed E-state index contributed by atoms with van der Waals surface area (Å²) in [5.74, 6) is 1.29. The van der Waals surface area contributed by atoms with Crippen molar-refractivity contribution in [2.45, 2.75) is 33.4 Å². The van der Waals surface area contributed by atoms with Gasteiger partial charge < -0.3 is 14.5 Å². The molecule has 1 aromatic heterocycles. The van der Waals surface area contributed by atoms with Crippen molar-refractivity contribution >= 4 is 5.91 Å². The third-order valence-corrected chi connectivity index (χ3v) is 3.02. The lowest BCUT2D eigenvalue weighted by Crippen LogP contribution is -2.35. The molecule has 0 saturated heterocycles. The lowest BCUT2D eigenvalue weighted by molar-refractivity contribution is -0.127. The van der Waals surface area contributed by atoms with E-state index >= 15 is 0 Å². The number of hydrogen-bond acceptors (Lipinski definition) is 3. The van der Waals surface area contributed by atoms with Crippen LogP contribution in [0.4, 0.5) is 0 Å². The second-order valence-corrected chi connectivity index (χ2v) is 4.83. The lowest BCUT2D eigenvalue weighted by atomic mass is 10.1. The molecule has 1 heterocycles. The van der Waals surface area contributed by atoms with Crippen LogP contribution >= 0.6 is 0 Å². The van der Waals surface area contributed by atoms with Crippen LogP contribution in [0.5, 0.6) is 5.75 Å². The second kappa shape index (κ2) is 6.28. The molecule has 1 unspecified atom stereocenters. The molecule has 0 fully saturated rings. The first-order valence-corrected chi connectivity index (χ1v) is 6.60. The minimum atomic E-state index is -0.550. The summed E-state index contributed by atoms with van der Waals surface area (Å²) in [4.78, 5) is 11.9. The monoisotopic (exact) mass is 273 g/mol. The van der Waals surface area contributed by atoms with Gasteiger partial charge >= 0.3 is 0 Å². The maximum Gasteiger partial charge on any atom is 0.261 e. The summed E-state index contributed by atoms with van der Waals surface area (Å²) in [6.45, 7) is 6.09. The Morgan fingerprint density at radius 1 is 1.35 bits per heavy atom. The van der Waals surface area contributed by atoms with E-state index in [1.807, 2.05) is 38.1 Å². The van der Waals surface area contributed by atoms with E-state index in [1.165, 1.54) is 5.56 Å². The molecule has 20 heavy (non-hydrogen) atoms. The Morgan fingerprint density at radius 2 is 2.15 bits per heavy atom. The van der Waals surface area contributed by atoms with Crippen LogP contribution < -0.4 is 10.1 Å². The van der Waals surface area contributed by atoms with E-state index in [1.54, 1.807) is 19.3 Å². The van der Waals surface area contributed by atoms with Crippen molar-refractivity contribution in [3.8, 4) is 5.75 Å². The van der Waals surface area contributed by atoms with Gasteiger partial charge in [-0.25, -0.2) is 0 Å². The minimum absolute atomic E-state index is 0.165. The van der Waals surface area contributed by atoms with E-state index < -0.39 is 6.10 Å². The topological polar surface area (TPSA) is 51.5 Å². The summed E-state index contributed by atoms with van der Waals surface area (Å²) in [6, 6.07) is 9.49. The van der Waals surface area contributed by atoms with Crippen molar-refractivity contribution in [1.29, 1.82) is 0 Å². The van der Waals surface area contributed by atoms with Crippen LogP contribution in [0.3, 0.4) is 0 Å². The molecule has 0 saturated carbocycles. The summed E-state index contributed by atoms with van der Waals surface area (Å²) >= 11 is 0. The Labute approximate surface area is 118 Å². The van der Waals surface area contributed by atoms with Gasteiger partial charge in [-0.1, -0.05) is 17.7 Å². The molecule has 1 atom stereocenters. The zero-order valence-electron chi connectivity index (χ0n) is 12.0. The van der Waals surface area contributed by atoms with Crippen molar-refractivity contribution in [2.24, 2.45) is 0 Å². The maximum absolute atomic E-state index is 11.9. The van der Waals surface area contributed by atoms with E-state index in [-0.39, 0.29) is 5.91 Å². The summed E-state index contributed by atoms with van der Waals surface area (Å²) < 4.78 is 10.8. The third-order valence-electron chi connectivity index (χ3n) is 3.02. The highest BCUT2D eigenvalue weighted by atomic mass is 16.5. The van der Waals surface area contributed by atoms with Crippen LogP contribution in [0.25, 0.3) is 0 Å². The number of amides is 1. The number of nitrogens with one attached hydrogen (secondary N) is 1. The standard InChI is InChI=1S/C16H19NO3/c1-11-6-7-15(12(2)9-11)20-13(3)16(18)17-10-14-5-4-8-19-14/h4-9,13H,10H2,1-3H3,(H,17,18). The average molecular weight is 273 g/mol. The summed E-state index contributed by atoms with van der Waals surface area (Å²) in [5.41, 5.74) is 2.19. The van der Waals surface area contributed by atoms with E-state index in [0.29, 0.717) is 6.54 Å². The molecular weight excluding hydrogens is 254 g/mol. The van der Waals surface area contributed by atoms with E-state index in [0.717, 1.165) is 17.1 Å². The number of carbonyl (C=O) groups excluding carboxylic acids is 1. The first kappa shape index (κ1) is 14.2. The highest BCUT2D eigenvalue weighted by Gasteiger charge is 2.15. The first-order valence-electron chi connectivity index (χ1n) is 6.60. The van der Waals surface area contributed by atoms with Gasteiger partial charge in [-0.2, -0.15) is 0 Å². The smallest absolute Gasteiger partial charge is 0.261 e. The molecule has 4 nitrogen and oxygen atoms in total. The molecule has 1 amide bonds. The van der Waals surface area contributed by atoms with Crippen LogP contribution in [0.2, 0.25) is 0 Å². The van der Waals surface area contributed by atoms with E-state index in [2.05, 4.69) is 5.32 Å². The van der Waals surface area contributed by atoms with Crippen molar-refractivity contribution in [3.05, 3.63) is 53.5 Å². The molecule has 1 aromatic carbocycles. The van der Waals surface area contributed by atoms with Gasteiger partial charge in [0, 0.05) is 0 Å². The molecule has 0 bridgehead atoms. The van der Waals surface area contributed by atoms with Crippen LogP contribution in [0, 0.1) is 13.8 Å². The fourth-order valence-electron chi connectivity index (χ4n) is 1.91. The molecule has 4 heteroatoms.